The molecule has 7 nitrogen and oxygen atoms in total. The highest BCUT2D eigenvalue weighted by Crippen LogP contribution is 2.05. The lowest BCUT2D eigenvalue weighted by Crippen LogP contribution is -2.38. The van der Waals surface area contributed by atoms with Crippen LogP contribution in [0.2, 0.25) is 0 Å². The molecule has 94 valence electrons. The average molecular weight is 238 g/mol. The normalized spacial score (nSPS) is 20.7. The minimum absolute atomic E-state index is 0.0289. The van der Waals surface area contributed by atoms with Crippen molar-refractivity contribution >= 4 is 5.91 Å². The highest BCUT2D eigenvalue weighted by Gasteiger charge is 2.21. The first-order valence-corrected chi connectivity index (χ1v) is 5.74. The van der Waals surface area contributed by atoms with Crippen molar-refractivity contribution in [2.45, 2.75) is 25.6 Å². The van der Waals surface area contributed by atoms with E-state index in [0.29, 0.717) is 12.2 Å². The largest absolute Gasteiger partial charge is 0.350 e. The van der Waals surface area contributed by atoms with Gasteiger partial charge in [-0.15, -0.1) is 5.10 Å². The van der Waals surface area contributed by atoms with Crippen LogP contribution in [0.5, 0.6) is 0 Å². The molecular formula is C10H18N6O. The Morgan fingerprint density at radius 1 is 1.71 bits per heavy atom. The Hall–Kier alpha value is -1.47. The van der Waals surface area contributed by atoms with Gasteiger partial charge >= 0.3 is 0 Å². The lowest BCUT2D eigenvalue weighted by atomic mass is 10.2. The maximum absolute atomic E-state index is 11.7. The van der Waals surface area contributed by atoms with Gasteiger partial charge in [-0.25, -0.2) is 4.68 Å². The maximum Gasteiger partial charge on any atom is 0.242 e. The fourth-order valence-corrected chi connectivity index (χ4v) is 1.98. The third-order valence-corrected chi connectivity index (χ3v) is 2.86. The topological polar surface area (TPSA) is 89.1 Å². The molecule has 2 rings (SSSR count). The van der Waals surface area contributed by atoms with Crippen LogP contribution < -0.4 is 11.1 Å². The molecule has 1 fully saturated rings. The molecule has 1 unspecified atom stereocenters. The number of nitrogens with two attached hydrogens (primary N) is 1. The van der Waals surface area contributed by atoms with Crippen LogP contribution in [0.15, 0.2) is 6.20 Å². The molecular weight excluding hydrogens is 220 g/mol. The predicted molar refractivity (Wildman–Crippen MR) is 62.0 cm³/mol. The number of aromatic nitrogens is 3. The number of nitrogens with one attached hydrogen (secondary N) is 1. The first-order chi connectivity index (χ1) is 8.17. The molecule has 1 amide bonds. The number of rotatable bonds is 4. The second-order valence-corrected chi connectivity index (χ2v) is 4.43. The summed E-state index contributed by atoms with van der Waals surface area (Å²) in [5.74, 6) is -0.0289. The van der Waals surface area contributed by atoms with Crippen molar-refractivity contribution in [1.82, 2.24) is 25.2 Å². The van der Waals surface area contributed by atoms with Gasteiger partial charge in [-0.05, 0) is 20.0 Å². The monoisotopic (exact) mass is 238 g/mol. The molecule has 0 aliphatic carbocycles. The van der Waals surface area contributed by atoms with Crippen molar-refractivity contribution in [2.75, 3.05) is 20.1 Å². The molecule has 17 heavy (non-hydrogen) atoms. The molecule has 2 heterocycles. The van der Waals surface area contributed by atoms with E-state index >= 15 is 0 Å². The SMILES string of the molecule is CN1CCC(NC(=O)Cn2cc(CN)nn2)C1. The van der Waals surface area contributed by atoms with E-state index in [1.807, 2.05) is 0 Å². The third-order valence-electron chi connectivity index (χ3n) is 2.86. The number of nitrogens with zero attached hydrogens (tertiary/aromatic N) is 4. The lowest BCUT2D eigenvalue weighted by molar-refractivity contribution is -0.122. The Labute approximate surface area is 100.0 Å². The Bertz CT molecular complexity index is 390. The number of likely N-dealkylation sites (N-methyl/N-ethyl adjacent to an activating group) is 1. The zero-order chi connectivity index (χ0) is 12.3. The van der Waals surface area contributed by atoms with Gasteiger partial charge in [-0.3, -0.25) is 4.79 Å². The zero-order valence-electron chi connectivity index (χ0n) is 9.96. The minimum atomic E-state index is -0.0289. The molecule has 0 radical (unpaired) electrons. The van der Waals surface area contributed by atoms with Crippen LogP contribution in [0.1, 0.15) is 12.1 Å². The average Bonchev–Trinajstić information content (AvgIpc) is 2.88. The van der Waals surface area contributed by atoms with E-state index in [1.165, 1.54) is 4.68 Å². The van der Waals surface area contributed by atoms with Gasteiger partial charge in [0.25, 0.3) is 0 Å². The van der Waals surface area contributed by atoms with Crippen molar-refractivity contribution in [2.24, 2.45) is 5.73 Å². The number of hydrogen-bond donors (Lipinski definition) is 2. The summed E-state index contributed by atoms with van der Waals surface area (Å²) in [7, 11) is 2.05. The van der Waals surface area contributed by atoms with Crippen molar-refractivity contribution in [3.05, 3.63) is 11.9 Å². The molecule has 1 aliphatic rings. The predicted octanol–water partition coefficient (Wildman–Crippen LogP) is -1.44. The van der Waals surface area contributed by atoms with Gasteiger partial charge in [-0.2, -0.15) is 0 Å². The van der Waals surface area contributed by atoms with Crippen LogP contribution in [-0.2, 0) is 17.9 Å². The molecule has 1 atom stereocenters. The number of likely N-dealkylation sites (tertiary alicyclic amines) is 1. The molecule has 1 aromatic rings. The van der Waals surface area contributed by atoms with Gasteiger partial charge in [0.15, 0.2) is 0 Å². The Kier molecular flexibility index (Phi) is 3.70. The lowest BCUT2D eigenvalue weighted by Gasteiger charge is -2.12. The van der Waals surface area contributed by atoms with Crippen LogP contribution in [0, 0.1) is 0 Å². The van der Waals surface area contributed by atoms with Crippen LogP contribution in [0.3, 0.4) is 0 Å². The highest BCUT2D eigenvalue weighted by atomic mass is 16.2. The molecule has 1 aromatic heterocycles. The van der Waals surface area contributed by atoms with Crippen molar-refractivity contribution in [3.8, 4) is 0 Å². The van der Waals surface area contributed by atoms with E-state index in [0.717, 1.165) is 19.5 Å². The van der Waals surface area contributed by atoms with Crippen LogP contribution in [0.25, 0.3) is 0 Å². The zero-order valence-corrected chi connectivity index (χ0v) is 9.96. The van der Waals surface area contributed by atoms with Crippen molar-refractivity contribution < 1.29 is 4.79 Å². The Morgan fingerprint density at radius 3 is 3.12 bits per heavy atom. The molecule has 0 spiro atoms. The summed E-state index contributed by atoms with van der Waals surface area (Å²) in [5.41, 5.74) is 6.11. The first kappa shape index (κ1) is 12.0. The van der Waals surface area contributed by atoms with E-state index in [2.05, 4.69) is 27.6 Å². The summed E-state index contributed by atoms with van der Waals surface area (Å²) in [6, 6.07) is 0.255. The molecule has 1 saturated heterocycles. The summed E-state index contributed by atoms with van der Waals surface area (Å²) >= 11 is 0. The molecule has 3 N–H and O–H groups in total. The van der Waals surface area contributed by atoms with Gasteiger partial charge in [0.05, 0.1) is 11.9 Å². The molecule has 7 heteroatoms. The molecule has 1 aliphatic heterocycles. The summed E-state index contributed by atoms with van der Waals surface area (Å²) in [4.78, 5) is 13.9. The van der Waals surface area contributed by atoms with Crippen molar-refractivity contribution in [1.29, 1.82) is 0 Å². The maximum atomic E-state index is 11.7. The second-order valence-electron chi connectivity index (χ2n) is 4.43. The van der Waals surface area contributed by atoms with E-state index < -0.39 is 0 Å². The first-order valence-electron chi connectivity index (χ1n) is 5.74. The van der Waals surface area contributed by atoms with Gasteiger partial charge in [0, 0.05) is 19.1 Å². The molecule has 0 saturated carbocycles. The van der Waals surface area contributed by atoms with E-state index in [9.17, 15) is 4.79 Å². The summed E-state index contributed by atoms with van der Waals surface area (Å²) in [6.45, 7) is 2.49. The molecule has 0 aromatic carbocycles. The van der Waals surface area contributed by atoms with E-state index in [-0.39, 0.29) is 18.5 Å². The molecule has 0 bridgehead atoms. The quantitative estimate of drug-likeness (QED) is 0.670. The van der Waals surface area contributed by atoms with Gasteiger partial charge < -0.3 is 16.0 Å². The Balaban J connectivity index is 1.80. The number of amides is 1. The second kappa shape index (κ2) is 5.24. The van der Waals surface area contributed by atoms with Gasteiger partial charge in [0.2, 0.25) is 5.91 Å². The fraction of sp³-hybridized carbons (Fsp3) is 0.700. The van der Waals surface area contributed by atoms with Crippen LogP contribution >= 0.6 is 0 Å². The van der Waals surface area contributed by atoms with Gasteiger partial charge in [0.1, 0.15) is 6.54 Å². The Morgan fingerprint density at radius 2 is 2.53 bits per heavy atom. The van der Waals surface area contributed by atoms with E-state index in [1.54, 1.807) is 6.20 Å². The van der Waals surface area contributed by atoms with Crippen LogP contribution in [-0.4, -0.2) is 52.0 Å². The smallest absolute Gasteiger partial charge is 0.242 e. The number of carbonyl (C=O) groups is 1. The summed E-state index contributed by atoms with van der Waals surface area (Å²) in [6.07, 6.45) is 2.70. The summed E-state index contributed by atoms with van der Waals surface area (Å²) in [5, 5.41) is 10.6. The van der Waals surface area contributed by atoms with Crippen LogP contribution in [0.4, 0.5) is 0 Å². The fourth-order valence-electron chi connectivity index (χ4n) is 1.98. The van der Waals surface area contributed by atoms with E-state index in [4.69, 9.17) is 5.73 Å². The number of hydrogen-bond acceptors (Lipinski definition) is 5. The standard InChI is InChI=1S/C10H18N6O/c1-15-3-2-8(5-15)12-10(17)7-16-6-9(4-11)13-14-16/h6,8H,2-5,7,11H2,1H3,(H,12,17). The highest BCUT2D eigenvalue weighted by molar-refractivity contribution is 5.76. The third kappa shape index (κ3) is 3.24. The van der Waals surface area contributed by atoms with Crippen molar-refractivity contribution in [3.63, 3.8) is 0 Å². The number of carbonyl (C=O) groups excluding carboxylic acids is 1. The summed E-state index contributed by atoms with van der Waals surface area (Å²) < 4.78 is 1.51. The minimum Gasteiger partial charge on any atom is -0.350 e. The van der Waals surface area contributed by atoms with Gasteiger partial charge in [-0.1, -0.05) is 5.21 Å².